The van der Waals surface area contributed by atoms with Crippen LogP contribution < -0.4 is 0 Å². The van der Waals surface area contributed by atoms with Gasteiger partial charge in [0.1, 0.15) is 10.7 Å². The number of aliphatic hydroxyl groups is 1. The number of hydrogen-bond acceptors (Lipinski definition) is 2. The number of aromatic nitrogens is 1. The molecule has 0 saturated carbocycles. The van der Waals surface area contributed by atoms with Crippen molar-refractivity contribution in [3.05, 3.63) is 63.9 Å². The second kappa shape index (κ2) is 4.89. The van der Waals surface area contributed by atoms with E-state index in [1.165, 1.54) is 6.07 Å². The van der Waals surface area contributed by atoms with Crippen molar-refractivity contribution in [2.24, 2.45) is 0 Å². The predicted molar refractivity (Wildman–Crippen MR) is 62.4 cm³/mol. The fourth-order valence-electron chi connectivity index (χ4n) is 1.46. The van der Waals surface area contributed by atoms with E-state index in [1.807, 2.05) is 0 Å². The summed E-state index contributed by atoms with van der Waals surface area (Å²) in [5.74, 6) is -1.92. The predicted octanol–water partition coefficient (Wildman–Crippen LogP) is 3.20. The first-order chi connectivity index (χ1) is 8.09. The molecule has 0 aliphatic rings. The van der Waals surface area contributed by atoms with E-state index in [-0.39, 0.29) is 5.56 Å². The van der Waals surface area contributed by atoms with Crippen molar-refractivity contribution in [1.29, 1.82) is 0 Å². The third-order valence-electron chi connectivity index (χ3n) is 2.34. The van der Waals surface area contributed by atoms with Crippen LogP contribution in [-0.4, -0.2) is 10.1 Å². The lowest BCUT2D eigenvalue weighted by Gasteiger charge is -2.12. The molecule has 5 heteroatoms. The molecular formula is C12H8BrF2NO. The van der Waals surface area contributed by atoms with Gasteiger partial charge in [-0.15, -0.1) is 0 Å². The molecule has 1 aromatic heterocycles. The van der Waals surface area contributed by atoms with E-state index in [4.69, 9.17) is 0 Å². The fourth-order valence-corrected chi connectivity index (χ4v) is 1.93. The quantitative estimate of drug-likeness (QED) is 0.864. The van der Waals surface area contributed by atoms with Gasteiger partial charge in [-0.1, -0.05) is 12.1 Å². The molecule has 0 amide bonds. The topological polar surface area (TPSA) is 33.1 Å². The van der Waals surface area contributed by atoms with Crippen LogP contribution in [0.15, 0.2) is 41.1 Å². The smallest absolute Gasteiger partial charge is 0.159 e. The summed E-state index contributed by atoms with van der Waals surface area (Å²) in [6, 6.07) is 6.60. The largest absolute Gasteiger partial charge is 0.384 e. The Kier molecular flexibility index (Phi) is 3.49. The zero-order valence-corrected chi connectivity index (χ0v) is 10.2. The van der Waals surface area contributed by atoms with E-state index < -0.39 is 17.7 Å². The Hall–Kier alpha value is -1.33. The van der Waals surface area contributed by atoms with Gasteiger partial charge in [-0.3, -0.25) is 0 Å². The van der Waals surface area contributed by atoms with E-state index in [2.05, 4.69) is 20.9 Å². The number of hydrogen-bond donors (Lipinski definition) is 1. The maximum absolute atomic E-state index is 13.0. The molecule has 1 unspecified atom stereocenters. The van der Waals surface area contributed by atoms with Crippen molar-refractivity contribution < 1.29 is 13.9 Å². The highest BCUT2D eigenvalue weighted by atomic mass is 79.9. The average molecular weight is 300 g/mol. The molecule has 0 saturated heterocycles. The molecule has 1 aromatic carbocycles. The monoisotopic (exact) mass is 299 g/mol. The highest BCUT2D eigenvalue weighted by Crippen LogP contribution is 2.27. The van der Waals surface area contributed by atoms with Gasteiger partial charge >= 0.3 is 0 Å². The molecule has 2 aromatic rings. The molecule has 0 radical (unpaired) electrons. The fraction of sp³-hybridized carbons (Fsp3) is 0.0833. The van der Waals surface area contributed by atoms with Crippen LogP contribution in [0.3, 0.4) is 0 Å². The number of nitrogens with zero attached hydrogens (tertiary/aromatic N) is 1. The summed E-state index contributed by atoms with van der Waals surface area (Å²) in [7, 11) is 0. The number of halogens is 3. The summed E-state index contributed by atoms with van der Waals surface area (Å²) in [6.45, 7) is 0. The first kappa shape index (κ1) is 12.1. The maximum atomic E-state index is 13.0. The van der Waals surface area contributed by atoms with Crippen molar-refractivity contribution in [3.8, 4) is 0 Å². The van der Waals surface area contributed by atoms with E-state index in [9.17, 15) is 13.9 Å². The van der Waals surface area contributed by atoms with E-state index >= 15 is 0 Å². The number of rotatable bonds is 2. The van der Waals surface area contributed by atoms with Gasteiger partial charge in [-0.2, -0.15) is 0 Å². The number of aliphatic hydroxyl groups excluding tert-OH is 1. The van der Waals surface area contributed by atoms with E-state index in [1.54, 1.807) is 18.3 Å². The van der Waals surface area contributed by atoms with Gasteiger partial charge in [0.15, 0.2) is 11.6 Å². The lowest BCUT2D eigenvalue weighted by molar-refractivity contribution is 0.218. The van der Waals surface area contributed by atoms with E-state index in [0.717, 1.165) is 12.1 Å². The molecule has 0 fully saturated rings. The normalized spacial score (nSPS) is 12.5. The van der Waals surface area contributed by atoms with Crippen LogP contribution >= 0.6 is 15.9 Å². The molecular weight excluding hydrogens is 292 g/mol. The van der Waals surface area contributed by atoms with Crippen molar-refractivity contribution in [3.63, 3.8) is 0 Å². The standard InChI is InChI=1S/C12H8BrF2NO/c13-12-8(2-1-5-16-12)11(17)7-3-4-9(14)10(15)6-7/h1-6,11,17H. The summed E-state index contributed by atoms with van der Waals surface area (Å²) in [5, 5.41) is 10.0. The van der Waals surface area contributed by atoms with Crippen LogP contribution in [0, 0.1) is 11.6 Å². The van der Waals surface area contributed by atoms with Crippen LogP contribution in [0.5, 0.6) is 0 Å². The van der Waals surface area contributed by atoms with E-state index in [0.29, 0.717) is 10.2 Å². The summed E-state index contributed by atoms with van der Waals surface area (Å²) < 4.78 is 26.3. The number of pyridine rings is 1. The molecule has 88 valence electrons. The Morgan fingerprint density at radius 1 is 1.18 bits per heavy atom. The molecule has 1 heterocycles. The Labute approximate surface area is 105 Å². The van der Waals surface area contributed by atoms with Crippen LogP contribution in [-0.2, 0) is 0 Å². The van der Waals surface area contributed by atoms with Gasteiger partial charge in [0.05, 0.1) is 0 Å². The summed E-state index contributed by atoms with van der Waals surface area (Å²) in [5.41, 5.74) is 0.774. The zero-order valence-electron chi connectivity index (χ0n) is 8.57. The van der Waals surface area contributed by atoms with Crippen molar-refractivity contribution in [2.45, 2.75) is 6.10 Å². The molecule has 2 nitrogen and oxygen atoms in total. The summed E-state index contributed by atoms with van der Waals surface area (Å²) in [4.78, 5) is 3.95. The van der Waals surface area contributed by atoms with Gasteiger partial charge in [0.25, 0.3) is 0 Å². The van der Waals surface area contributed by atoms with Crippen molar-refractivity contribution in [2.75, 3.05) is 0 Å². The van der Waals surface area contributed by atoms with Gasteiger partial charge < -0.3 is 5.11 Å². The Morgan fingerprint density at radius 2 is 1.94 bits per heavy atom. The Morgan fingerprint density at radius 3 is 2.59 bits per heavy atom. The minimum absolute atomic E-state index is 0.276. The first-order valence-electron chi connectivity index (χ1n) is 4.83. The van der Waals surface area contributed by atoms with Crippen LogP contribution in [0.1, 0.15) is 17.2 Å². The van der Waals surface area contributed by atoms with Crippen LogP contribution in [0.2, 0.25) is 0 Å². The SMILES string of the molecule is OC(c1ccc(F)c(F)c1)c1cccnc1Br. The minimum atomic E-state index is -1.05. The van der Waals surface area contributed by atoms with Crippen LogP contribution in [0.4, 0.5) is 8.78 Å². The van der Waals surface area contributed by atoms with Gasteiger partial charge in [0, 0.05) is 11.8 Å². The average Bonchev–Trinajstić information content (AvgIpc) is 2.32. The number of benzene rings is 1. The minimum Gasteiger partial charge on any atom is -0.384 e. The molecule has 1 N–H and O–H groups in total. The third-order valence-corrected chi connectivity index (χ3v) is 3.00. The molecule has 2 rings (SSSR count). The second-order valence-electron chi connectivity index (χ2n) is 3.46. The molecule has 17 heavy (non-hydrogen) atoms. The Balaban J connectivity index is 2.40. The van der Waals surface area contributed by atoms with Gasteiger partial charge in [-0.25, -0.2) is 13.8 Å². The molecule has 0 aliphatic heterocycles. The lowest BCUT2D eigenvalue weighted by atomic mass is 10.0. The van der Waals surface area contributed by atoms with Crippen molar-refractivity contribution >= 4 is 15.9 Å². The molecule has 0 aliphatic carbocycles. The summed E-state index contributed by atoms with van der Waals surface area (Å²) in [6.07, 6.45) is 0.513. The first-order valence-corrected chi connectivity index (χ1v) is 5.62. The highest BCUT2D eigenvalue weighted by molar-refractivity contribution is 9.10. The van der Waals surface area contributed by atoms with Crippen molar-refractivity contribution in [1.82, 2.24) is 4.98 Å². The maximum Gasteiger partial charge on any atom is 0.159 e. The highest BCUT2D eigenvalue weighted by Gasteiger charge is 2.15. The lowest BCUT2D eigenvalue weighted by Crippen LogP contribution is -2.02. The second-order valence-corrected chi connectivity index (χ2v) is 4.21. The van der Waals surface area contributed by atoms with Crippen LogP contribution in [0.25, 0.3) is 0 Å². The summed E-state index contributed by atoms with van der Waals surface area (Å²) >= 11 is 3.19. The van der Waals surface area contributed by atoms with Gasteiger partial charge in [-0.05, 0) is 39.7 Å². The van der Waals surface area contributed by atoms with Gasteiger partial charge in [0.2, 0.25) is 0 Å². The Bertz CT molecular complexity index is 548. The third kappa shape index (κ3) is 2.50. The molecule has 1 atom stereocenters. The zero-order chi connectivity index (χ0) is 12.4. The molecule has 0 bridgehead atoms. The molecule has 0 spiro atoms.